The molecule has 1 amide bonds. The summed E-state index contributed by atoms with van der Waals surface area (Å²) >= 11 is 0. The molecule has 1 atom stereocenters. The summed E-state index contributed by atoms with van der Waals surface area (Å²) in [5.74, 6) is -1.51. The van der Waals surface area contributed by atoms with Crippen molar-refractivity contribution in [2.45, 2.75) is 13.0 Å². The van der Waals surface area contributed by atoms with Gasteiger partial charge in [0.25, 0.3) is 5.91 Å². The number of hydrogen-bond acceptors (Lipinski definition) is 3. The summed E-state index contributed by atoms with van der Waals surface area (Å²) in [6, 6.07) is 12.2. The van der Waals surface area contributed by atoms with Crippen molar-refractivity contribution in [1.82, 2.24) is 5.32 Å². The number of carboxylic acid groups (broad SMARTS) is 1. The van der Waals surface area contributed by atoms with E-state index >= 15 is 0 Å². The van der Waals surface area contributed by atoms with E-state index in [-0.39, 0.29) is 22.9 Å². The van der Waals surface area contributed by atoms with Crippen LogP contribution in [-0.2, 0) is 0 Å². The van der Waals surface area contributed by atoms with E-state index in [0.29, 0.717) is 0 Å². The fraction of sp³-hybridized carbons (Fsp3) is 0.125. The highest BCUT2D eigenvalue weighted by Crippen LogP contribution is 2.19. The third-order valence-electron chi connectivity index (χ3n) is 3.12. The van der Waals surface area contributed by atoms with Gasteiger partial charge < -0.3 is 15.5 Å². The summed E-state index contributed by atoms with van der Waals surface area (Å²) in [6.45, 7) is 1.76. The van der Waals surface area contributed by atoms with E-state index in [9.17, 15) is 14.7 Å². The molecule has 1 unspecified atom stereocenters. The van der Waals surface area contributed by atoms with Gasteiger partial charge in [0.15, 0.2) is 0 Å². The average Bonchev–Trinajstić information content (AvgIpc) is 2.47. The molecule has 0 bridgehead atoms. The number of carboxylic acids is 1. The van der Waals surface area contributed by atoms with Gasteiger partial charge in [0, 0.05) is 0 Å². The van der Waals surface area contributed by atoms with E-state index in [2.05, 4.69) is 5.32 Å². The highest BCUT2D eigenvalue weighted by molar-refractivity contribution is 6.04. The Morgan fingerprint density at radius 2 is 1.71 bits per heavy atom. The minimum atomic E-state index is -1.15. The Labute approximate surface area is 121 Å². The van der Waals surface area contributed by atoms with Crippen LogP contribution in [0.2, 0.25) is 0 Å². The number of carbonyl (C=O) groups is 2. The fourth-order valence-corrected chi connectivity index (χ4v) is 2.02. The standard InChI is InChI=1S/C16H15NO4/c1-10(11-5-4-6-12(18)9-11)17-15(19)13-7-2-3-8-14(13)16(20)21/h2-10,18H,1H3,(H,17,19)(H,20,21). The molecule has 0 fully saturated rings. The smallest absolute Gasteiger partial charge is 0.336 e. The molecule has 0 aliphatic carbocycles. The van der Waals surface area contributed by atoms with Crippen molar-refractivity contribution < 1.29 is 19.8 Å². The number of aromatic carboxylic acids is 1. The SMILES string of the molecule is CC(NC(=O)c1ccccc1C(=O)O)c1cccc(O)c1. The first-order valence-electron chi connectivity index (χ1n) is 6.41. The van der Waals surface area contributed by atoms with Crippen LogP contribution in [0.4, 0.5) is 0 Å². The van der Waals surface area contributed by atoms with Crippen LogP contribution < -0.4 is 5.32 Å². The van der Waals surface area contributed by atoms with Gasteiger partial charge in [-0.15, -0.1) is 0 Å². The topological polar surface area (TPSA) is 86.6 Å². The molecule has 0 saturated heterocycles. The lowest BCUT2D eigenvalue weighted by molar-refractivity contribution is 0.0690. The van der Waals surface area contributed by atoms with Crippen molar-refractivity contribution in [3.63, 3.8) is 0 Å². The molecule has 0 saturated carbocycles. The molecule has 0 aliphatic rings. The van der Waals surface area contributed by atoms with E-state index in [1.807, 2.05) is 0 Å². The molecule has 0 aliphatic heterocycles. The maximum atomic E-state index is 12.2. The molecular formula is C16H15NO4. The first-order valence-corrected chi connectivity index (χ1v) is 6.41. The van der Waals surface area contributed by atoms with Crippen LogP contribution in [0.3, 0.4) is 0 Å². The molecular weight excluding hydrogens is 270 g/mol. The Kier molecular flexibility index (Phi) is 4.23. The van der Waals surface area contributed by atoms with Gasteiger partial charge in [0.2, 0.25) is 0 Å². The molecule has 0 aromatic heterocycles. The third kappa shape index (κ3) is 3.39. The van der Waals surface area contributed by atoms with Crippen LogP contribution in [0.15, 0.2) is 48.5 Å². The summed E-state index contributed by atoms with van der Waals surface area (Å²) in [5, 5.41) is 21.3. The molecule has 0 heterocycles. The van der Waals surface area contributed by atoms with Crippen LogP contribution in [-0.4, -0.2) is 22.1 Å². The second kappa shape index (κ2) is 6.09. The zero-order valence-corrected chi connectivity index (χ0v) is 11.4. The lowest BCUT2D eigenvalue weighted by Crippen LogP contribution is -2.28. The van der Waals surface area contributed by atoms with Gasteiger partial charge in [-0.1, -0.05) is 24.3 Å². The number of nitrogens with one attached hydrogen (secondary N) is 1. The number of benzene rings is 2. The van der Waals surface area contributed by atoms with Crippen molar-refractivity contribution >= 4 is 11.9 Å². The van der Waals surface area contributed by atoms with E-state index in [1.165, 1.54) is 18.2 Å². The van der Waals surface area contributed by atoms with E-state index in [0.717, 1.165) is 5.56 Å². The largest absolute Gasteiger partial charge is 0.508 e. The molecule has 5 nitrogen and oxygen atoms in total. The van der Waals surface area contributed by atoms with Crippen molar-refractivity contribution in [2.75, 3.05) is 0 Å². The summed E-state index contributed by atoms with van der Waals surface area (Å²) < 4.78 is 0. The predicted molar refractivity (Wildman–Crippen MR) is 77.4 cm³/mol. The second-order valence-electron chi connectivity index (χ2n) is 4.64. The van der Waals surface area contributed by atoms with Gasteiger partial charge >= 0.3 is 5.97 Å². The molecule has 2 aromatic carbocycles. The molecule has 0 spiro atoms. The zero-order valence-electron chi connectivity index (χ0n) is 11.4. The lowest BCUT2D eigenvalue weighted by Gasteiger charge is -2.15. The Bertz CT molecular complexity index is 681. The number of amides is 1. The van der Waals surface area contributed by atoms with Crippen LogP contribution in [0.1, 0.15) is 39.2 Å². The Hall–Kier alpha value is -2.82. The lowest BCUT2D eigenvalue weighted by atomic mass is 10.0. The van der Waals surface area contributed by atoms with Crippen LogP contribution in [0, 0.1) is 0 Å². The molecule has 21 heavy (non-hydrogen) atoms. The molecule has 3 N–H and O–H groups in total. The number of carbonyl (C=O) groups excluding carboxylic acids is 1. The highest BCUT2D eigenvalue weighted by atomic mass is 16.4. The van der Waals surface area contributed by atoms with Crippen molar-refractivity contribution in [3.05, 3.63) is 65.2 Å². The molecule has 108 valence electrons. The second-order valence-corrected chi connectivity index (χ2v) is 4.64. The van der Waals surface area contributed by atoms with Crippen molar-refractivity contribution in [1.29, 1.82) is 0 Å². The highest BCUT2D eigenvalue weighted by Gasteiger charge is 2.17. The maximum Gasteiger partial charge on any atom is 0.336 e. The molecule has 2 aromatic rings. The molecule has 0 radical (unpaired) electrons. The summed E-state index contributed by atoms with van der Waals surface area (Å²) in [5.41, 5.74) is 0.797. The monoisotopic (exact) mass is 285 g/mol. The summed E-state index contributed by atoms with van der Waals surface area (Å²) in [6.07, 6.45) is 0. The van der Waals surface area contributed by atoms with Gasteiger partial charge in [-0.05, 0) is 36.8 Å². The number of phenols is 1. The van der Waals surface area contributed by atoms with Gasteiger partial charge in [-0.2, -0.15) is 0 Å². The quantitative estimate of drug-likeness (QED) is 0.805. The Balaban J connectivity index is 2.20. The number of phenolic OH excluding ortho intramolecular Hbond substituents is 1. The van der Waals surface area contributed by atoms with E-state index in [1.54, 1.807) is 37.3 Å². The first kappa shape index (κ1) is 14.6. The zero-order chi connectivity index (χ0) is 15.4. The Morgan fingerprint density at radius 3 is 2.33 bits per heavy atom. The van der Waals surface area contributed by atoms with Crippen LogP contribution in [0.25, 0.3) is 0 Å². The van der Waals surface area contributed by atoms with E-state index in [4.69, 9.17) is 5.11 Å². The third-order valence-corrected chi connectivity index (χ3v) is 3.12. The minimum Gasteiger partial charge on any atom is -0.508 e. The average molecular weight is 285 g/mol. The van der Waals surface area contributed by atoms with Crippen molar-refractivity contribution in [3.8, 4) is 5.75 Å². The number of aromatic hydroxyl groups is 1. The number of rotatable bonds is 4. The first-order chi connectivity index (χ1) is 9.99. The Morgan fingerprint density at radius 1 is 1.05 bits per heavy atom. The van der Waals surface area contributed by atoms with Gasteiger partial charge in [-0.3, -0.25) is 4.79 Å². The predicted octanol–water partition coefficient (Wildman–Crippen LogP) is 2.58. The normalized spacial score (nSPS) is 11.7. The van der Waals surface area contributed by atoms with Crippen LogP contribution in [0.5, 0.6) is 5.75 Å². The maximum absolute atomic E-state index is 12.2. The van der Waals surface area contributed by atoms with Gasteiger partial charge in [0.1, 0.15) is 5.75 Å². The molecule has 5 heteroatoms. The summed E-state index contributed by atoms with van der Waals surface area (Å²) in [4.78, 5) is 23.3. The number of hydrogen-bond donors (Lipinski definition) is 3. The fourth-order valence-electron chi connectivity index (χ4n) is 2.02. The minimum absolute atomic E-state index is 0.0434. The summed E-state index contributed by atoms with van der Waals surface area (Å²) in [7, 11) is 0. The van der Waals surface area contributed by atoms with Gasteiger partial charge in [-0.25, -0.2) is 4.79 Å². The van der Waals surface area contributed by atoms with Gasteiger partial charge in [0.05, 0.1) is 17.2 Å². The van der Waals surface area contributed by atoms with Crippen LogP contribution >= 0.6 is 0 Å². The van der Waals surface area contributed by atoms with E-state index < -0.39 is 11.9 Å². The van der Waals surface area contributed by atoms with Crippen molar-refractivity contribution in [2.24, 2.45) is 0 Å². The molecule has 2 rings (SSSR count).